The molecule has 0 amide bonds. The number of halogens is 3. The van der Waals surface area contributed by atoms with Crippen LogP contribution in [-0.2, 0) is 6.42 Å². The molecule has 0 bridgehead atoms. The van der Waals surface area contributed by atoms with Gasteiger partial charge in [-0.25, -0.2) is 0 Å². The highest BCUT2D eigenvalue weighted by atomic mass is 79.9. The van der Waals surface area contributed by atoms with E-state index in [2.05, 4.69) is 15.9 Å². The van der Waals surface area contributed by atoms with Gasteiger partial charge in [0.05, 0.1) is 0 Å². The van der Waals surface area contributed by atoms with E-state index in [4.69, 9.17) is 23.2 Å². The highest BCUT2D eigenvalue weighted by molar-refractivity contribution is 9.09. The summed E-state index contributed by atoms with van der Waals surface area (Å²) in [7, 11) is 0. The molecule has 1 saturated carbocycles. The van der Waals surface area contributed by atoms with Gasteiger partial charge in [0, 0.05) is 14.9 Å². The van der Waals surface area contributed by atoms with Crippen LogP contribution in [0.2, 0.25) is 10.0 Å². The van der Waals surface area contributed by atoms with Gasteiger partial charge in [-0.1, -0.05) is 58.0 Å². The molecular formula is C14H17BrCl2. The molecule has 0 N–H and O–H groups in total. The summed E-state index contributed by atoms with van der Waals surface area (Å²) in [4.78, 5) is 0.636. The predicted molar refractivity (Wildman–Crippen MR) is 79.5 cm³/mol. The first-order chi connectivity index (χ1) is 8.16. The van der Waals surface area contributed by atoms with Crippen molar-refractivity contribution >= 4 is 39.1 Å². The van der Waals surface area contributed by atoms with E-state index in [-0.39, 0.29) is 0 Å². The third-order valence-corrected chi connectivity index (χ3v) is 5.41. The van der Waals surface area contributed by atoms with Crippen molar-refractivity contribution in [1.82, 2.24) is 0 Å². The van der Waals surface area contributed by atoms with Crippen LogP contribution in [0.15, 0.2) is 18.2 Å². The first kappa shape index (κ1) is 13.7. The lowest BCUT2D eigenvalue weighted by Gasteiger charge is -2.17. The molecule has 2 rings (SSSR count). The van der Waals surface area contributed by atoms with Gasteiger partial charge in [0.2, 0.25) is 0 Å². The van der Waals surface area contributed by atoms with Gasteiger partial charge in [-0.2, -0.15) is 0 Å². The topological polar surface area (TPSA) is 0 Å². The predicted octanol–water partition coefficient (Wildman–Crippen LogP) is 5.88. The Labute approximate surface area is 122 Å². The van der Waals surface area contributed by atoms with Crippen molar-refractivity contribution < 1.29 is 0 Å². The number of aryl methyl sites for hydroxylation is 1. The maximum Gasteiger partial charge on any atom is 0.0452 e. The van der Waals surface area contributed by atoms with Crippen molar-refractivity contribution in [3.8, 4) is 0 Å². The quantitative estimate of drug-likeness (QED) is 0.603. The summed E-state index contributed by atoms with van der Waals surface area (Å²) >= 11 is 15.9. The Morgan fingerprint density at radius 3 is 2.59 bits per heavy atom. The molecule has 1 aliphatic rings. The highest BCUT2D eigenvalue weighted by Crippen LogP contribution is 2.34. The molecule has 1 atom stereocenters. The Kier molecular flexibility index (Phi) is 5.20. The van der Waals surface area contributed by atoms with Crippen LogP contribution in [-0.4, -0.2) is 4.83 Å². The van der Waals surface area contributed by atoms with Crippen molar-refractivity contribution in [2.24, 2.45) is 5.92 Å². The lowest BCUT2D eigenvalue weighted by Crippen LogP contribution is -2.11. The van der Waals surface area contributed by atoms with Crippen molar-refractivity contribution in [2.45, 2.75) is 43.4 Å². The Hall–Kier alpha value is 0.280. The Morgan fingerprint density at radius 1 is 1.24 bits per heavy atom. The van der Waals surface area contributed by atoms with Gasteiger partial charge in [-0.05, 0) is 49.3 Å². The maximum atomic E-state index is 6.17. The van der Waals surface area contributed by atoms with Gasteiger partial charge < -0.3 is 0 Å². The van der Waals surface area contributed by atoms with E-state index in [1.54, 1.807) is 0 Å². The Bertz CT molecular complexity index is 372. The van der Waals surface area contributed by atoms with E-state index >= 15 is 0 Å². The second-order valence-corrected chi connectivity index (χ2v) is 6.85. The fourth-order valence-corrected chi connectivity index (χ4v) is 3.83. The SMILES string of the molecule is Clc1ccc(CCC(Br)C2CCCC2)c(Cl)c1. The standard InChI is InChI=1S/C14H17BrCl2/c15-13(10-3-1-2-4-10)8-6-11-5-7-12(16)9-14(11)17/h5,7,9-10,13H,1-4,6,8H2. The van der Waals surface area contributed by atoms with Crippen LogP contribution in [0.3, 0.4) is 0 Å². The average Bonchev–Trinajstić information content (AvgIpc) is 2.81. The summed E-state index contributed by atoms with van der Waals surface area (Å²) in [5, 5.41) is 1.51. The molecule has 0 aromatic heterocycles. The molecule has 1 aromatic rings. The summed E-state index contributed by atoms with van der Waals surface area (Å²) < 4.78 is 0. The second-order valence-electron chi connectivity index (χ2n) is 4.83. The van der Waals surface area contributed by atoms with E-state index in [9.17, 15) is 0 Å². The molecule has 3 heteroatoms. The minimum absolute atomic E-state index is 0.636. The molecule has 0 heterocycles. The second kappa shape index (κ2) is 6.45. The van der Waals surface area contributed by atoms with Gasteiger partial charge in [-0.15, -0.1) is 0 Å². The van der Waals surface area contributed by atoms with E-state index in [0.717, 1.165) is 23.8 Å². The van der Waals surface area contributed by atoms with Crippen LogP contribution in [0.25, 0.3) is 0 Å². The number of rotatable bonds is 4. The summed E-state index contributed by atoms with van der Waals surface area (Å²) in [6, 6.07) is 5.79. The molecule has 1 fully saturated rings. The Balaban J connectivity index is 1.88. The smallest absolute Gasteiger partial charge is 0.0452 e. The van der Waals surface area contributed by atoms with Gasteiger partial charge in [0.15, 0.2) is 0 Å². The van der Waals surface area contributed by atoms with Gasteiger partial charge in [0.25, 0.3) is 0 Å². The van der Waals surface area contributed by atoms with Crippen LogP contribution in [0.4, 0.5) is 0 Å². The summed E-state index contributed by atoms with van der Waals surface area (Å²) in [6.45, 7) is 0. The fraction of sp³-hybridized carbons (Fsp3) is 0.571. The molecule has 0 spiro atoms. The molecule has 0 nitrogen and oxygen atoms in total. The van der Waals surface area contributed by atoms with Gasteiger partial charge in [-0.3, -0.25) is 0 Å². The third-order valence-electron chi connectivity index (χ3n) is 3.62. The van der Waals surface area contributed by atoms with Crippen LogP contribution in [0.1, 0.15) is 37.7 Å². The molecule has 94 valence electrons. The summed E-state index contributed by atoms with van der Waals surface area (Å²) in [6.07, 6.45) is 7.74. The number of hydrogen-bond donors (Lipinski definition) is 0. The zero-order valence-electron chi connectivity index (χ0n) is 9.76. The number of hydrogen-bond acceptors (Lipinski definition) is 0. The average molecular weight is 336 g/mol. The lowest BCUT2D eigenvalue weighted by molar-refractivity contribution is 0.506. The van der Waals surface area contributed by atoms with Gasteiger partial charge >= 0.3 is 0 Å². The zero-order valence-corrected chi connectivity index (χ0v) is 12.9. The first-order valence-electron chi connectivity index (χ1n) is 6.25. The highest BCUT2D eigenvalue weighted by Gasteiger charge is 2.22. The minimum Gasteiger partial charge on any atom is -0.0888 e. The molecule has 1 aromatic carbocycles. The number of alkyl halides is 1. The van der Waals surface area contributed by atoms with Crippen molar-refractivity contribution in [2.75, 3.05) is 0 Å². The van der Waals surface area contributed by atoms with E-state index in [1.807, 2.05) is 18.2 Å². The molecule has 0 radical (unpaired) electrons. The number of benzene rings is 1. The van der Waals surface area contributed by atoms with Crippen LogP contribution in [0.5, 0.6) is 0 Å². The molecule has 17 heavy (non-hydrogen) atoms. The fourth-order valence-electron chi connectivity index (χ4n) is 2.57. The van der Waals surface area contributed by atoms with Crippen LogP contribution >= 0.6 is 39.1 Å². The van der Waals surface area contributed by atoms with E-state index in [0.29, 0.717) is 9.85 Å². The molecular weight excluding hydrogens is 319 g/mol. The van der Waals surface area contributed by atoms with Crippen molar-refractivity contribution in [3.63, 3.8) is 0 Å². The molecule has 1 unspecified atom stereocenters. The monoisotopic (exact) mass is 334 g/mol. The minimum atomic E-state index is 0.636. The van der Waals surface area contributed by atoms with Crippen molar-refractivity contribution in [1.29, 1.82) is 0 Å². The van der Waals surface area contributed by atoms with Gasteiger partial charge in [0.1, 0.15) is 0 Å². The molecule has 1 aliphatic carbocycles. The Morgan fingerprint density at radius 2 is 1.94 bits per heavy atom. The normalized spacial score (nSPS) is 18.5. The molecule has 0 saturated heterocycles. The lowest BCUT2D eigenvalue weighted by atomic mass is 9.98. The van der Waals surface area contributed by atoms with Crippen LogP contribution < -0.4 is 0 Å². The van der Waals surface area contributed by atoms with Crippen molar-refractivity contribution in [3.05, 3.63) is 33.8 Å². The summed E-state index contributed by atoms with van der Waals surface area (Å²) in [5.41, 5.74) is 1.21. The zero-order chi connectivity index (χ0) is 12.3. The summed E-state index contributed by atoms with van der Waals surface area (Å²) in [5.74, 6) is 0.862. The first-order valence-corrected chi connectivity index (χ1v) is 7.92. The van der Waals surface area contributed by atoms with Crippen LogP contribution in [0, 0.1) is 5.92 Å². The molecule has 0 aliphatic heterocycles. The van der Waals surface area contributed by atoms with E-state index in [1.165, 1.54) is 31.2 Å². The largest absolute Gasteiger partial charge is 0.0888 e. The third kappa shape index (κ3) is 3.87. The van der Waals surface area contributed by atoms with E-state index < -0.39 is 0 Å². The maximum absolute atomic E-state index is 6.17.